The summed E-state index contributed by atoms with van der Waals surface area (Å²) in [5, 5.41) is -0.488. The molecule has 2 aromatic rings. The highest BCUT2D eigenvalue weighted by Crippen LogP contribution is 2.39. The molecule has 0 spiro atoms. The van der Waals surface area contributed by atoms with Crippen LogP contribution in [0.15, 0.2) is 35.4 Å². The molecule has 28 heavy (non-hydrogen) atoms. The molecule has 0 bridgehead atoms. The van der Waals surface area contributed by atoms with E-state index in [-0.39, 0.29) is 15.9 Å². The Morgan fingerprint density at radius 2 is 2.07 bits per heavy atom. The Morgan fingerprint density at radius 3 is 2.71 bits per heavy atom. The average molecular weight is 447 g/mol. The van der Waals surface area contributed by atoms with E-state index in [0.717, 1.165) is 12.8 Å². The van der Waals surface area contributed by atoms with Crippen LogP contribution in [0.3, 0.4) is 0 Å². The van der Waals surface area contributed by atoms with Crippen molar-refractivity contribution in [1.29, 1.82) is 0 Å². The highest BCUT2D eigenvalue weighted by Gasteiger charge is 2.30. The summed E-state index contributed by atoms with van der Waals surface area (Å²) in [6, 6.07) is 6.40. The SMILES string of the molecule is CN(C)C1CCCN(c2cc(Cl)c(S(=O)(=O)Nc3ccccn3)c(F)c2Cl)C1. The van der Waals surface area contributed by atoms with Crippen LogP contribution in [0.1, 0.15) is 12.8 Å². The molecule has 1 atom stereocenters. The standard InChI is InChI=1S/C18H21Cl2FN4O2S/c1-24(2)12-6-5-9-25(11-12)14-10-13(19)18(17(21)16(14)20)28(26,27)23-15-7-3-4-8-22-15/h3-4,7-8,10,12H,5-6,9,11H2,1-2H3,(H,22,23). The number of nitrogens with one attached hydrogen (secondary N) is 1. The minimum atomic E-state index is -4.30. The molecule has 152 valence electrons. The first kappa shape index (κ1) is 21.1. The molecule has 1 aliphatic rings. The van der Waals surface area contributed by atoms with Crippen LogP contribution in [0.5, 0.6) is 0 Å². The molecule has 1 unspecified atom stereocenters. The third-order valence-electron chi connectivity index (χ3n) is 4.74. The Bertz CT molecular complexity index is 958. The number of anilines is 2. The van der Waals surface area contributed by atoms with E-state index >= 15 is 4.39 Å². The topological polar surface area (TPSA) is 65.5 Å². The molecule has 0 saturated carbocycles. The normalized spacial score (nSPS) is 17.8. The van der Waals surface area contributed by atoms with Gasteiger partial charge in [0.2, 0.25) is 0 Å². The predicted octanol–water partition coefficient (Wildman–Crippen LogP) is 3.86. The number of likely N-dealkylation sites (N-methyl/N-ethyl adjacent to an activating group) is 1. The number of hydrogen-bond donors (Lipinski definition) is 1. The summed E-state index contributed by atoms with van der Waals surface area (Å²) in [6.45, 7) is 1.35. The molecular formula is C18H21Cl2FN4O2S. The average Bonchev–Trinajstić information content (AvgIpc) is 2.65. The minimum absolute atomic E-state index is 0.0584. The maximum Gasteiger partial charge on any atom is 0.267 e. The van der Waals surface area contributed by atoms with Gasteiger partial charge in [-0.3, -0.25) is 4.72 Å². The van der Waals surface area contributed by atoms with Crippen LogP contribution >= 0.6 is 23.2 Å². The lowest BCUT2D eigenvalue weighted by molar-refractivity contribution is 0.258. The molecular weight excluding hydrogens is 426 g/mol. The number of pyridine rings is 1. The van der Waals surface area contributed by atoms with Gasteiger partial charge in [0.05, 0.1) is 10.7 Å². The van der Waals surface area contributed by atoms with Crippen molar-refractivity contribution < 1.29 is 12.8 Å². The number of nitrogens with zero attached hydrogens (tertiary/aromatic N) is 3. The van der Waals surface area contributed by atoms with Gasteiger partial charge in [-0.2, -0.15) is 0 Å². The second-order valence-electron chi connectivity index (χ2n) is 6.86. The first-order valence-corrected chi connectivity index (χ1v) is 11.0. The van der Waals surface area contributed by atoms with Crippen LogP contribution in [-0.4, -0.2) is 51.5 Å². The Balaban J connectivity index is 1.96. The Kier molecular flexibility index (Phi) is 6.34. The molecule has 1 fully saturated rings. The maximum atomic E-state index is 15.0. The van der Waals surface area contributed by atoms with Crippen LogP contribution in [0.4, 0.5) is 15.9 Å². The van der Waals surface area contributed by atoms with Crippen LogP contribution in [-0.2, 0) is 10.0 Å². The number of benzene rings is 1. The first-order chi connectivity index (χ1) is 13.2. The lowest BCUT2D eigenvalue weighted by atomic mass is 10.0. The maximum absolute atomic E-state index is 15.0. The van der Waals surface area contributed by atoms with Gasteiger partial charge in [0.25, 0.3) is 10.0 Å². The number of rotatable bonds is 5. The van der Waals surface area contributed by atoms with Gasteiger partial charge in [0.1, 0.15) is 15.7 Å². The van der Waals surface area contributed by atoms with E-state index in [4.69, 9.17) is 23.2 Å². The molecule has 3 rings (SSSR count). The summed E-state index contributed by atoms with van der Waals surface area (Å²) < 4.78 is 42.6. The number of halogens is 3. The number of aromatic nitrogens is 1. The van der Waals surface area contributed by atoms with Crippen molar-refractivity contribution in [2.24, 2.45) is 0 Å². The van der Waals surface area contributed by atoms with Gasteiger partial charge in [0, 0.05) is 25.3 Å². The largest absolute Gasteiger partial charge is 0.369 e. The van der Waals surface area contributed by atoms with Crippen molar-refractivity contribution in [2.75, 3.05) is 36.8 Å². The molecule has 0 radical (unpaired) electrons. The summed E-state index contributed by atoms with van der Waals surface area (Å²) >= 11 is 12.4. The first-order valence-electron chi connectivity index (χ1n) is 8.73. The van der Waals surface area contributed by atoms with E-state index in [1.807, 2.05) is 19.0 Å². The van der Waals surface area contributed by atoms with Gasteiger partial charge in [0.15, 0.2) is 5.82 Å². The van der Waals surface area contributed by atoms with Crippen LogP contribution in [0, 0.1) is 5.82 Å². The van der Waals surface area contributed by atoms with Gasteiger partial charge in [-0.25, -0.2) is 17.8 Å². The summed E-state index contributed by atoms with van der Waals surface area (Å²) in [7, 11) is -0.323. The van der Waals surface area contributed by atoms with Gasteiger partial charge < -0.3 is 9.80 Å². The molecule has 1 N–H and O–H groups in total. The molecule has 1 aliphatic heterocycles. The third kappa shape index (κ3) is 4.35. The number of piperidine rings is 1. The van der Waals surface area contributed by atoms with Crippen LogP contribution in [0.25, 0.3) is 0 Å². The Labute approximate surface area is 174 Å². The zero-order valence-corrected chi connectivity index (χ0v) is 17.8. The van der Waals surface area contributed by atoms with E-state index in [1.165, 1.54) is 18.3 Å². The lowest BCUT2D eigenvalue weighted by Gasteiger charge is -2.38. The van der Waals surface area contributed by atoms with Gasteiger partial charge >= 0.3 is 0 Å². The van der Waals surface area contributed by atoms with Crippen LogP contribution < -0.4 is 9.62 Å². The van der Waals surface area contributed by atoms with E-state index in [9.17, 15) is 8.42 Å². The molecule has 1 aromatic heterocycles. The third-order valence-corrected chi connectivity index (χ3v) is 6.92. The van der Waals surface area contributed by atoms with E-state index in [0.29, 0.717) is 24.8 Å². The van der Waals surface area contributed by atoms with Crippen molar-refractivity contribution in [3.63, 3.8) is 0 Å². The van der Waals surface area contributed by atoms with Crippen molar-refractivity contribution in [3.05, 3.63) is 46.3 Å². The van der Waals surface area contributed by atoms with Crippen molar-refractivity contribution >= 4 is 44.7 Å². The van der Waals surface area contributed by atoms with E-state index in [1.54, 1.807) is 12.1 Å². The molecule has 1 saturated heterocycles. The molecule has 6 nitrogen and oxygen atoms in total. The number of sulfonamides is 1. The second kappa shape index (κ2) is 8.41. The van der Waals surface area contributed by atoms with E-state index < -0.39 is 20.7 Å². The fourth-order valence-electron chi connectivity index (χ4n) is 3.25. The van der Waals surface area contributed by atoms with Crippen LogP contribution in [0.2, 0.25) is 10.0 Å². The smallest absolute Gasteiger partial charge is 0.267 e. The van der Waals surface area contributed by atoms with Gasteiger partial charge in [-0.15, -0.1) is 0 Å². The minimum Gasteiger partial charge on any atom is -0.369 e. The predicted molar refractivity (Wildman–Crippen MR) is 110 cm³/mol. The molecule has 2 heterocycles. The van der Waals surface area contributed by atoms with Crippen molar-refractivity contribution in [1.82, 2.24) is 9.88 Å². The summed E-state index contributed by atoms with van der Waals surface area (Å²) in [5.41, 5.74) is 0.396. The highest BCUT2D eigenvalue weighted by atomic mass is 35.5. The van der Waals surface area contributed by atoms with Gasteiger partial charge in [-0.1, -0.05) is 29.3 Å². The monoisotopic (exact) mass is 446 g/mol. The quantitative estimate of drug-likeness (QED) is 0.706. The zero-order valence-electron chi connectivity index (χ0n) is 15.5. The zero-order chi connectivity index (χ0) is 20.5. The molecule has 0 aliphatic carbocycles. The summed E-state index contributed by atoms with van der Waals surface area (Å²) in [6.07, 6.45) is 3.36. The fourth-order valence-corrected chi connectivity index (χ4v) is 5.22. The lowest BCUT2D eigenvalue weighted by Crippen LogP contribution is -2.45. The Morgan fingerprint density at radius 1 is 1.32 bits per heavy atom. The number of hydrogen-bond acceptors (Lipinski definition) is 5. The molecule has 0 amide bonds. The van der Waals surface area contributed by atoms with E-state index in [2.05, 4.69) is 14.6 Å². The highest BCUT2D eigenvalue weighted by molar-refractivity contribution is 7.92. The van der Waals surface area contributed by atoms with Crippen molar-refractivity contribution in [2.45, 2.75) is 23.8 Å². The fraction of sp³-hybridized carbons (Fsp3) is 0.389. The van der Waals surface area contributed by atoms with Crippen molar-refractivity contribution in [3.8, 4) is 0 Å². The molecule has 10 heteroatoms. The summed E-state index contributed by atoms with van der Waals surface area (Å²) in [5.74, 6) is -1.01. The van der Waals surface area contributed by atoms with Gasteiger partial charge in [-0.05, 0) is 45.1 Å². The Hall–Kier alpha value is -1.61. The summed E-state index contributed by atoms with van der Waals surface area (Å²) in [4.78, 5) is 7.24. The second-order valence-corrected chi connectivity index (χ2v) is 9.27. The molecule has 1 aromatic carbocycles.